The van der Waals surface area contributed by atoms with E-state index >= 15 is 0 Å². The minimum absolute atomic E-state index is 0.490. The van der Waals surface area contributed by atoms with Crippen molar-refractivity contribution in [1.82, 2.24) is 0 Å². The molecule has 0 saturated heterocycles. The molecule has 2 nitrogen and oxygen atoms in total. The summed E-state index contributed by atoms with van der Waals surface area (Å²) in [5.74, 6) is 0.684. The number of nitrogens with two attached hydrogens (primary N) is 1. The minimum Gasteiger partial charge on any atom is -0.496 e. The maximum atomic E-state index is 5.81. The fourth-order valence-corrected chi connectivity index (χ4v) is 1.38. The second kappa shape index (κ2) is 3.32. The molecule has 0 saturated carbocycles. The van der Waals surface area contributed by atoms with Gasteiger partial charge in [-0.1, -0.05) is 11.6 Å². The number of hydrogen-bond donors (Lipinski definition) is 1. The molecule has 0 heterocycles. The zero-order valence-corrected chi connectivity index (χ0v) is 8.24. The summed E-state index contributed by atoms with van der Waals surface area (Å²) in [6.45, 7) is 0. The molecule has 0 bridgehead atoms. The molecule has 1 aromatic carbocycles. The molecule has 0 aliphatic carbocycles. The van der Waals surface area contributed by atoms with Crippen LogP contribution in [0, 0.1) is 0 Å². The molecule has 0 aliphatic heterocycles. The number of methoxy groups -OCH3 is 1. The van der Waals surface area contributed by atoms with Crippen molar-refractivity contribution in [3.63, 3.8) is 0 Å². The summed E-state index contributed by atoms with van der Waals surface area (Å²) in [5.41, 5.74) is 6.07. The Labute approximate surface area is 78.4 Å². The Morgan fingerprint density at radius 1 is 1.55 bits per heavy atom. The number of hydrogen-bond acceptors (Lipinski definition) is 2. The molecule has 0 unspecified atom stereocenters. The van der Waals surface area contributed by atoms with Crippen molar-refractivity contribution in [2.24, 2.45) is 0 Å². The van der Waals surface area contributed by atoms with E-state index in [0.717, 1.165) is 0 Å². The summed E-state index contributed by atoms with van der Waals surface area (Å²) in [6, 6.07) is 3.46. The molecule has 1 aromatic rings. The Balaban J connectivity index is 3.25. The monoisotopic (exact) mass is 235 g/mol. The summed E-state index contributed by atoms with van der Waals surface area (Å²) in [5, 5.41) is 0.490. The molecule has 0 spiro atoms. The van der Waals surface area contributed by atoms with Gasteiger partial charge in [-0.2, -0.15) is 0 Å². The van der Waals surface area contributed by atoms with E-state index in [1.807, 2.05) is 0 Å². The van der Waals surface area contributed by atoms with Crippen LogP contribution in [0.1, 0.15) is 0 Å². The highest BCUT2D eigenvalue weighted by molar-refractivity contribution is 9.10. The quantitative estimate of drug-likeness (QED) is 0.761. The molecule has 0 aliphatic rings. The molecule has 1 rings (SSSR count). The topological polar surface area (TPSA) is 35.2 Å². The van der Waals surface area contributed by atoms with Gasteiger partial charge in [-0.15, -0.1) is 0 Å². The van der Waals surface area contributed by atoms with Crippen LogP contribution in [0.4, 0.5) is 5.69 Å². The van der Waals surface area contributed by atoms with E-state index in [9.17, 15) is 0 Å². The molecule has 0 amide bonds. The molecule has 11 heavy (non-hydrogen) atoms. The first-order valence-electron chi connectivity index (χ1n) is 2.94. The molecule has 60 valence electrons. The van der Waals surface area contributed by atoms with E-state index < -0.39 is 0 Å². The fourth-order valence-electron chi connectivity index (χ4n) is 0.704. The smallest absolute Gasteiger partial charge is 0.134 e. The number of nitrogen functional groups attached to an aromatic ring is 1. The van der Waals surface area contributed by atoms with Crippen LogP contribution < -0.4 is 10.5 Å². The molecular formula is C7H7BrClNO. The number of rotatable bonds is 1. The molecule has 2 N–H and O–H groups in total. The van der Waals surface area contributed by atoms with Gasteiger partial charge < -0.3 is 10.5 Å². The third-order valence-corrected chi connectivity index (χ3v) is 2.72. The predicted molar refractivity (Wildman–Crippen MR) is 50.1 cm³/mol. The Hall–Kier alpha value is -0.410. The third kappa shape index (κ3) is 1.60. The standard InChI is InChI=1S/C7H7BrClNO/c1-11-5-3-2-4(10)7(9)6(5)8/h2-3H,10H2,1H3. The predicted octanol–water partition coefficient (Wildman–Crippen LogP) is 2.69. The summed E-state index contributed by atoms with van der Waals surface area (Å²) >= 11 is 9.06. The normalized spacial score (nSPS) is 9.73. The van der Waals surface area contributed by atoms with Crippen molar-refractivity contribution >= 4 is 33.2 Å². The molecule has 0 aromatic heterocycles. The summed E-state index contributed by atoms with van der Waals surface area (Å²) < 4.78 is 5.69. The first-order valence-corrected chi connectivity index (χ1v) is 4.11. The van der Waals surface area contributed by atoms with Crippen molar-refractivity contribution in [2.75, 3.05) is 12.8 Å². The van der Waals surface area contributed by atoms with Gasteiger partial charge in [-0.25, -0.2) is 0 Å². The Morgan fingerprint density at radius 3 is 2.73 bits per heavy atom. The van der Waals surface area contributed by atoms with Crippen molar-refractivity contribution < 1.29 is 4.74 Å². The van der Waals surface area contributed by atoms with Crippen LogP contribution in [-0.4, -0.2) is 7.11 Å². The Bertz CT molecular complexity index is 277. The molecule has 4 heteroatoms. The van der Waals surface area contributed by atoms with Crippen LogP contribution in [-0.2, 0) is 0 Å². The molecule has 0 atom stereocenters. The lowest BCUT2D eigenvalue weighted by Gasteiger charge is -2.05. The van der Waals surface area contributed by atoms with Crippen LogP contribution >= 0.6 is 27.5 Å². The van der Waals surface area contributed by atoms with E-state index in [4.69, 9.17) is 22.1 Å². The lowest BCUT2D eigenvalue weighted by molar-refractivity contribution is 0.412. The van der Waals surface area contributed by atoms with Crippen molar-refractivity contribution in [1.29, 1.82) is 0 Å². The summed E-state index contributed by atoms with van der Waals surface area (Å²) in [7, 11) is 1.58. The lowest BCUT2D eigenvalue weighted by atomic mass is 10.3. The van der Waals surface area contributed by atoms with E-state index in [-0.39, 0.29) is 0 Å². The maximum Gasteiger partial charge on any atom is 0.134 e. The van der Waals surface area contributed by atoms with Crippen LogP contribution in [0.2, 0.25) is 5.02 Å². The van der Waals surface area contributed by atoms with Gasteiger partial charge in [0.05, 0.1) is 22.3 Å². The van der Waals surface area contributed by atoms with Gasteiger partial charge in [0, 0.05) is 0 Å². The first-order chi connectivity index (χ1) is 5.16. The van der Waals surface area contributed by atoms with Gasteiger partial charge in [0.15, 0.2) is 0 Å². The van der Waals surface area contributed by atoms with Crippen molar-refractivity contribution in [3.8, 4) is 5.75 Å². The highest BCUT2D eigenvalue weighted by Crippen LogP contribution is 2.35. The van der Waals surface area contributed by atoms with Gasteiger partial charge in [0.25, 0.3) is 0 Å². The van der Waals surface area contributed by atoms with Crippen LogP contribution in [0.5, 0.6) is 5.75 Å². The average Bonchev–Trinajstić information content (AvgIpc) is 2.01. The van der Waals surface area contributed by atoms with E-state index in [2.05, 4.69) is 15.9 Å². The number of anilines is 1. The van der Waals surface area contributed by atoms with Crippen molar-refractivity contribution in [3.05, 3.63) is 21.6 Å². The minimum atomic E-state index is 0.490. The van der Waals surface area contributed by atoms with Gasteiger partial charge in [0.2, 0.25) is 0 Å². The van der Waals surface area contributed by atoms with Crippen LogP contribution in [0.25, 0.3) is 0 Å². The molecule has 0 fully saturated rings. The summed E-state index contributed by atoms with van der Waals surface area (Å²) in [4.78, 5) is 0. The second-order valence-electron chi connectivity index (χ2n) is 1.99. The first kappa shape index (κ1) is 8.68. The number of benzene rings is 1. The van der Waals surface area contributed by atoms with Gasteiger partial charge in [0.1, 0.15) is 5.75 Å². The SMILES string of the molecule is COc1ccc(N)c(Cl)c1Br. The van der Waals surface area contributed by atoms with E-state index in [1.165, 1.54) is 0 Å². The highest BCUT2D eigenvalue weighted by atomic mass is 79.9. The second-order valence-corrected chi connectivity index (χ2v) is 3.16. The average molecular weight is 236 g/mol. The Morgan fingerprint density at radius 2 is 2.18 bits per heavy atom. The molecule has 0 radical (unpaired) electrons. The van der Waals surface area contributed by atoms with E-state index in [0.29, 0.717) is 20.9 Å². The van der Waals surface area contributed by atoms with Gasteiger partial charge in [-0.3, -0.25) is 0 Å². The zero-order chi connectivity index (χ0) is 8.43. The molecular weight excluding hydrogens is 229 g/mol. The fraction of sp³-hybridized carbons (Fsp3) is 0.143. The largest absolute Gasteiger partial charge is 0.496 e. The van der Waals surface area contributed by atoms with E-state index in [1.54, 1.807) is 19.2 Å². The van der Waals surface area contributed by atoms with Crippen molar-refractivity contribution in [2.45, 2.75) is 0 Å². The number of ether oxygens (including phenoxy) is 1. The zero-order valence-electron chi connectivity index (χ0n) is 5.90. The third-order valence-electron chi connectivity index (χ3n) is 1.30. The Kier molecular flexibility index (Phi) is 2.62. The lowest BCUT2D eigenvalue weighted by Crippen LogP contribution is -1.90. The maximum absolute atomic E-state index is 5.81. The van der Waals surface area contributed by atoms with Crippen LogP contribution in [0.15, 0.2) is 16.6 Å². The highest BCUT2D eigenvalue weighted by Gasteiger charge is 2.06. The van der Waals surface area contributed by atoms with Gasteiger partial charge in [-0.05, 0) is 28.1 Å². The van der Waals surface area contributed by atoms with Gasteiger partial charge >= 0.3 is 0 Å². The van der Waals surface area contributed by atoms with Crippen LogP contribution in [0.3, 0.4) is 0 Å². The summed E-state index contributed by atoms with van der Waals surface area (Å²) in [6.07, 6.45) is 0. The number of halogens is 2.